The number of hydrogen-bond donors (Lipinski definition) is 1. The van der Waals surface area contributed by atoms with E-state index in [-0.39, 0.29) is 5.56 Å². The lowest BCUT2D eigenvalue weighted by molar-refractivity contribution is 0.618. The fraction of sp³-hybridized carbons (Fsp3) is 0.167. The van der Waals surface area contributed by atoms with Gasteiger partial charge < -0.3 is 5.73 Å². The maximum atomic E-state index is 13.6. The Hall–Kier alpha value is -2.53. The summed E-state index contributed by atoms with van der Waals surface area (Å²) in [7, 11) is 0. The molecular weight excluding hydrogens is 298 g/mol. The molecule has 0 radical (unpaired) electrons. The van der Waals surface area contributed by atoms with Crippen molar-refractivity contribution in [2.75, 3.05) is 6.54 Å². The van der Waals surface area contributed by atoms with Crippen LogP contribution in [0.4, 0.5) is 8.78 Å². The molecule has 5 heteroatoms. The van der Waals surface area contributed by atoms with Gasteiger partial charge in [-0.2, -0.15) is 0 Å². The van der Waals surface area contributed by atoms with Crippen molar-refractivity contribution in [3.8, 4) is 11.1 Å². The highest BCUT2D eigenvalue weighted by Crippen LogP contribution is 2.23. The highest BCUT2D eigenvalue weighted by atomic mass is 19.1. The van der Waals surface area contributed by atoms with Crippen molar-refractivity contribution < 1.29 is 8.78 Å². The van der Waals surface area contributed by atoms with Gasteiger partial charge in [-0.15, -0.1) is 0 Å². The Morgan fingerprint density at radius 3 is 2.61 bits per heavy atom. The molecule has 2 aromatic heterocycles. The van der Waals surface area contributed by atoms with Crippen LogP contribution in [0.3, 0.4) is 0 Å². The van der Waals surface area contributed by atoms with Crippen LogP contribution in [0.15, 0.2) is 53.5 Å². The molecule has 0 aliphatic rings. The first-order chi connectivity index (χ1) is 11.1. The molecule has 0 bridgehead atoms. The maximum absolute atomic E-state index is 13.6. The third-order valence-electron chi connectivity index (χ3n) is 3.78. The molecule has 0 aliphatic carbocycles. The van der Waals surface area contributed by atoms with Crippen LogP contribution in [0, 0.1) is 11.6 Å². The molecule has 0 saturated carbocycles. The summed E-state index contributed by atoms with van der Waals surface area (Å²) >= 11 is 0. The van der Waals surface area contributed by atoms with Gasteiger partial charge in [0.2, 0.25) is 0 Å². The van der Waals surface area contributed by atoms with Gasteiger partial charge in [-0.25, -0.2) is 8.78 Å². The maximum Gasteiger partial charge on any atom is 0.263 e. The number of halogens is 2. The summed E-state index contributed by atoms with van der Waals surface area (Å²) in [5.74, 6) is -0.921. The van der Waals surface area contributed by atoms with Crippen LogP contribution >= 0.6 is 0 Å². The zero-order valence-electron chi connectivity index (χ0n) is 12.4. The number of nitrogens with zero attached hydrogens (tertiary/aromatic N) is 1. The van der Waals surface area contributed by atoms with Crippen LogP contribution in [0.2, 0.25) is 0 Å². The van der Waals surface area contributed by atoms with Crippen LogP contribution in [0.1, 0.15) is 12.0 Å². The number of rotatable bonds is 4. The molecule has 118 valence electrons. The summed E-state index contributed by atoms with van der Waals surface area (Å²) in [6, 6.07) is 10.6. The second kappa shape index (κ2) is 6.30. The van der Waals surface area contributed by atoms with Gasteiger partial charge in [0.1, 0.15) is 11.6 Å². The predicted molar refractivity (Wildman–Crippen MR) is 86.4 cm³/mol. The minimum Gasteiger partial charge on any atom is -0.330 e. The smallest absolute Gasteiger partial charge is 0.263 e. The van der Waals surface area contributed by atoms with E-state index in [1.165, 1.54) is 22.6 Å². The van der Waals surface area contributed by atoms with Crippen molar-refractivity contribution in [3.05, 3.63) is 76.2 Å². The molecule has 0 unspecified atom stereocenters. The van der Waals surface area contributed by atoms with Gasteiger partial charge in [0.25, 0.3) is 5.56 Å². The average molecular weight is 314 g/mol. The van der Waals surface area contributed by atoms with Crippen LogP contribution in [-0.2, 0) is 6.42 Å². The van der Waals surface area contributed by atoms with Crippen molar-refractivity contribution in [2.45, 2.75) is 12.8 Å². The quantitative estimate of drug-likeness (QED) is 0.804. The lowest BCUT2D eigenvalue weighted by Crippen LogP contribution is -2.19. The fourth-order valence-electron chi connectivity index (χ4n) is 2.73. The van der Waals surface area contributed by atoms with Gasteiger partial charge in [-0.3, -0.25) is 9.20 Å². The topological polar surface area (TPSA) is 47.5 Å². The number of aryl methyl sites for hydroxylation is 1. The molecule has 0 saturated heterocycles. The first kappa shape index (κ1) is 15.4. The average Bonchev–Trinajstić information content (AvgIpc) is 2.53. The second-order valence-electron chi connectivity index (χ2n) is 5.39. The van der Waals surface area contributed by atoms with E-state index in [1.807, 2.05) is 6.07 Å². The Balaban J connectivity index is 2.31. The van der Waals surface area contributed by atoms with E-state index in [9.17, 15) is 13.6 Å². The third-order valence-corrected chi connectivity index (χ3v) is 3.78. The van der Waals surface area contributed by atoms with Crippen molar-refractivity contribution in [2.24, 2.45) is 5.73 Å². The Bertz CT molecular complexity index is 919. The standard InChI is InChI=1S/C18H16F2N2O/c19-14-5-1-3-12(9-14)17-13(4-2-8-21)10-16-7-6-15(20)11-22(16)18(17)23/h1,3,5-7,9-11H,2,4,8,21H2. The van der Waals surface area contributed by atoms with Crippen LogP contribution in [0.25, 0.3) is 16.6 Å². The molecule has 0 amide bonds. The Morgan fingerprint density at radius 2 is 1.87 bits per heavy atom. The highest BCUT2D eigenvalue weighted by Gasteiger charge is 2.14. The molecule has 3 aromatic rings. The van der Waals surface area contributed by atoms with Crippen molar-refractivity contribution in [1.82, 2.24) is 4.40 Å². The number of hydrogen-bond acceptors (Lipinski definition) is 2. The zero-order valence-corrected chi connectivity index (χ0v) is 12.4. The minimum atomic E-state index is -0.500. The number of fused-ring (bicyclic) bond motifs is 1. The number of aromatic nitrogens is 1. The van der Waals surface area contributed by atoms with E-state index in [0.717, 1.165) is 11.8 Å². The molecule has 2 heterocycles. The molecule has 1 aromatic carbocycles. The summed E-state index contributed by atoms with van der Waals surface area (Å²) < 4.78 is 28.3. The van der Waals surface area contributed by atoms with Crippen molar-refractivity contribution in [1.29, 1.82) is 0 Å². The predicted octanol–water partition coefficient (Wildman–Crippen LogP) is 3.14. The fourth-order valence-corrected chi connectivity index (χ4v) is 2.73. The summed E-state index contributed by atoms with van der Waals surface area (Å²) in [4.78, 5) is 12.8. The Morgan fingerprint density at radius 1 is 1.04 bits per heavy atom. The first-order valence-electron chi connectivity index (χ1n) is 7.40. The molecule has 23 heavy (non-hydrogen) atoms. The van der Waals surface area contributed by atoms with E-state index in [4.69, 9.17) is 5.73 Å². The zero-order chi connectivity index (χ0) is 16.4. The lowest BCUT2D eigenvalue weighted by Gasteiger charge is -2.12. The van der Waals surface area contributed by atoms with Gasteiger partial charge in [0.05, 0.1) is 5.56 Å². The van der Waals surface area contributed by atoms with E-state index in [1.54, 1.807) is 18.2 Å². The van der Waals surface area contributed by atoms with Gasteiger partial charge in [-0.1, -0.05) is 12.1 Å². The highest BCUT2D eigenvalue weighted by molar-refractivity contribution is 5.70. The van der Waals surface area contributed by atoms with Crippen molar-refractivity contribution in [3.63, 3.8) is 0 Å². The van der Waals surface area contributed by atoms with E-state index >= 15 is 0 Å². The van der Waals surface area contributed by atoms with Crippen LogP contribution in [0.5, 0.6) is 0 Å². The van der Waals surface area contributed by atoms with Crippen molar-refractivity contribution >= 4 is 5.52 Å². The first-order valence-corrected chi connectivity index (χ1v) is 7.40. The summed E-state index contributed by atoms with van der Waals surface area (Å²) in [6.07, 6.45) is 2.46. The molecule has 2 N–H and O–H groups in total. The number of benzene rings is 1. The Kier molecular flexibility index (Phi) is 4.21. The molecular formula is C18H16F2N2O. The van der Waals surface area contributed by atoms with Gasteiger partial charge in [0, 0.05) is 11.7 Å². The molecule has 0 aliphatic heterocycles. The number of nitrogens with two attached hydrogens (primary N) is 1. The summed E-state index contributed by atoms with van der Waals surface area (Å²) in [6.45, 7) is 0.491. The van der Waals surface area contributed by atoms with Crippen LogP contribution < -0.4 is 11.3 Å². The molecule has 3 rings (SSSR count). The van der Waals surface area contributed by atoms with E-state index in [0.29, 0.717) is 36.0 Å². The third kappa shape index (κ3) is 3.00. The van der Waals surface area contributed by atoms with E-state index < -0.39 is 11.6 Å². The molecule has 0 spiro atoms. The van der Waals surface area contributed by atoms with E-state index in [2.05, 4.69) is 0 Å². The van der Waals surface area contributed by atoms with Crippen LogP contribution in [-0.4, -0.2) is 10.9 Å². The molecule has 3 nitrogen and oxygen atoms in total. The summed E-state index contributed by atoms with van der Waals surface area (Å²) in [5, 5.41) is 0. The monoisotopic (exact) mass is 314 g/mol. The van der Waals surface area contributed by atoms with Gasteiger partial charge >= 0.3 is 0 Å². The molecule has 0 atom stereocenters. The lowest BCUT2D eigenvalue weighted by atomic mass is 9.97. The summed E-state index contributed by atoms with van der Waals surface area (Å²) in [5.41, 5.74) is 7.47. The van der Waals surface area contributed by atoms with Gasteiger partial charge in [-0.05, 0) is 60.8 Å². The largest absolute Gasteiger partial charge is 0.330 e. The minimum absolute atomic E-state index is 0.361. The normalized spacial score (nSPS) is 11.1. The second-order valence-corrected chi connectivity index (χ2v) is 5.39. The Labute approximate surface area is 132 Å². The van der Waals surface area contributed by atoms with Gasteiger partial charge in [0.15, 0.2) is 0 Å². The SMILES string of the molecule is NCCCc1cc2ccc(F)cn2c(=O)c1-c1cccc(F)c1. The number of pyridine rings is 2. The molecule has 0 fully saturated rings.